The van der Waals surface area contributed by atoms with Crippen LogP contribution < -0.4 is 10.1 Å². The molecule has 1 aromatic carbocycles. The number of H-pyrrole nitrogens is 1. The van der Waals surface area contributed by atoms with E-state index in [2.05, 4.69) is 22.2 Å². The monoisotopic (exact) mass is 273 g/mol. The number of benzene rings is 1. The van der Waals surface area contributed by atoms with Gasteiger partial charge in [0.05, 0.1) is 6.61 Å². The van der Waals surface area contributed by atoms with Crippen LogP contribution in [0.25, 0.3) is 0 Å². The fourth-order valence-electron chi connectivity index (χ4n) is 1.75. The Balaban J connectivity index is 1.79. The molecule has 0 spiro atoms. The Labute approximate surface area is 118 Å². The second kappa shape index (κ2) is 7.33. The number of nitrogens with one attached hydrogen (secondary N) is 2. The van der Waals surface area contributed by atoms with E-state index < -0.39 is 0 Å². The maximum absolute atomic E-state index is 11.9. The minimum Gasteiger partial charge on any atom is -0.494 e. The van der Waals surface area contributed by atoms with Crippen LogP contribution in [0.15, 0.2) is 36.7 Å². The van der Waals surface area contributed by atoms with E-state index >= 15 is 0 Å². The summed E-state index contributed by atoms with van der Waals surface area (Å²) in [6.45, 7) is 3.30. The number of carbonyl (C=O) groups is 1. The van der Waals surface area contributed by atoms with E-state index in [9.17, 15) is 4.79 Å². The van der Waals surface area contributed by atoms with E-state index in [-0.39, 0.29) is 5.91 Å². The zero-order chi connectivity index (χ0) is 14.2. The summed E-state index contributed by atoms with van der Waals surface area (Å²) in [5.41, 5.74) is 0.633. The highest BCUT2D eigenvalue weighted by Gasteiger charge is 2.05. The molecule has 5 nitrogen and oxygen atoms in total. The number of aromatic nitrogens is 2. The molecule has 0 atom stereocenters. The van der Waals surface area contributed by atoms with Crippen LogP contribution in [0.4, 0.5) is 0 Å². The van der Waals surface area contributed by atoms with Crippen LogP contribution in [0.1, 0.15) is 29.5 Å². The summed E-state index contributed by atoms with van der Waals surface area (Å²) in [5, 5.41) is 2.86. The van der Waals surface area contributed by atoms with Crippen LogP contribution in [-0.4, -0.2) is 29.0 Å². The highest BCUT2D eigenvalue weighted by Crippen LogP contribution is 2.12. The van der Waals surface area contributed by atoms with Gasteiger partial charge in [0.15, 0.2) is 0 Å². The molecule has 0 radical (unpaired) electrons. The van der Waals surface area contributed by atoms with Gasteiger partial charge in [0.1, 0.15) is 11.6 Å². The molecule has 0 bridgehead atoms. The summed E-state index contributed by atoms with van der Waals surface area (Å²) in [6.07, 6.45) is 5.13. The molecule has 0 fully saturated rings. The molecule has 2 rings (SSSR count). The molecule has 1 aromatic heterocycles. The molecule has 106 valence electrons. The third-order valence-electron chi connectivity index (χ3n) is 2.79. The Hall–Kier alpha value is -2.30. The summed E-state index contributed by atoms with van der Waals surface area (Å²) in [4.78, 5) is 19.0. The van der Waals surface area contributed by atoms with Crippen molar-refractivity contribution in [3.63, 3.8) is 0 Å². The average molecular weight is 273 g/mol. The number of carbonyl (C=O) groups excluding carboxylic acids is 1. The van der Waals surface area contributed by atoms with Crippen molar-refractivity contribution in [1.82, 2.24) is 15.3 Å². The zero-order valence-corrected chi connectivity index (χ0v) is 11.6. The zero-order valence-electron chi connectivity index (χ0n) is 11.6. The third-order valence-corrected chi connectivity index (χ3v) is 2.79. The molecule has 0 saturated carbocycles. The average Bonchev–Trinajstić information content (AvgIpc) is 2.99. The molecule has 5 heteroatoms. The SMILES string of the molecule is CCCOc1ccc(C(=O)NCCc2ncc[nH]2)cc1. The van der Waals surface area contributed by atoms with Crippen LogP contribution in [-0.2, 0) is 6.42 Å². The second-order valence-corrected chi connectivity index (χ2v) is 4.41. The number of amides is 1. The number of hydrogen-bond acceptors (Lipinski definition) is 3. The van der Waals surface area contributed by atoms with E-state index in [0.717, 1.165) is 18.0 Å². The third kappa shape index (κ3) is 4.12. The number of rotatable bonds is 7. The Kier molecular flexibility index (Phi) is 5.17. The molecule has 0 unspecified atom stereocenters. The van der Waals surface area contributed by atoms with Crippen molar-refractivity contribution in [2.24, 2.45) is 0 Å². The molecular weight excluding hydrogens is 254 g/mol. The molecule has 0 aliphatic carbocycles. The van der Waals surface area contributed by atoms with E-state index in [1.54, 1.807) is 24.5 Å². The second-order valence-electron chi connectivity index (χ2n) is 4.41. The fourth-order valence-corrected chi connectivity index (χ4v) is 1.75. The normalized spacial score (nSPS) is 10.2. The van der Waals surface area contributed by atoms with Gasteiger partial charge in [-0.15, -0.1) is 0 Å². The highest BCUT2D eigenvalue weighted by molar-refractivity contribution is 5.94. The van der Waals surface area contributed by atoms with Crippen LogP contribution in [0.2, 0.25) is 0 Å². The fraction of sp³-hybridized carbons (Fsp3) is 0.333. The first-order valence-corrected chi connectivity index (χ1v) is 6.79. The number of ether oxygens (including phenoxy) is 1. The van der Waals surface area contributed by atoms with Gasteiger partial charge in [-0.2, -0.15) is 0 Å². The van der Waals surface area contributed by atoms with Crippen molar-refractivity contribution in [3.05, 3.63) is 48.0 Å². The van der Waals surface area contributed by atoms with E-state index in [4.69, 9.17) is 4.74 Å². The van der Waals surface area contributed by atoms with Crippen LogP contribution in [0, 0.1) is 0 Å². The largest absolute Gasteiger partial charge is 0.494 e. The maximum Gasteiger partial charge on any atom is 0.251 e. The molecule has 1 amide bonds. The molecule has 20 heavy (non-hydrogen) atoms. The predicted molar refractivity (Wildman–Crippen MR) is 76.9 cm³/mol. The lowest BCUT2D eigenvalue weighted by molar-refractivity contribution is 0.0954. The minimum absolute atomic E-state index is 0.0846. The number of nitrogens with zero attached hydrogens (tertiary/aromatic N) is 1. The number of aromatic amines is 1. The topological polar surface area (TPSA) is 67.0 Å². The smallest absolute Gasteiger partial charge is 0.251 e. The molecule has 0 aliphatic rings. The van der Waals surface area contributed by atoms with Crippen molar-refractivity contribution in [2.75, 3.05) is 13.2 Å². The minimum atomic E-state index is -0.0846. The summed E-state index contributed by atoms with van der Waals surface area (Å²) in [6, 6.07) is 7.18. The van der Waals surface area contributed by atoms with Gasteiger partial charge in [-0.1, -0.05) is 6.92 Å². The molecule has 0 aliphatic heterocycles. The van der Waals surface area contributed by atoms with Crippen LogP contribution in [0.3, 0.4) is 0 Å². The Bertz CT molecular complexity index is 521. The van der Waals surface area contributed by atoms with Gasteiger partial charge in [0, 0.05) is 30.9 Å². The van der Waals surface area contributed by atoms with Gasteiger partial charge in [-0.25, -0.2) is 4.98 Å². The summed E-state index contributed by atoms with van der Waals surface area (Å²) in [7, 11) is 0. The van der Waals surface area contributed by atoms with Crippen molar-refractivity contribution in [1.29, 1.82) is 0 Å². The molecule has 2 aromatic rings. The van der Waals surface area contributed by atoms with Crippen molar-refractivity contribution >= 4 is 5.91 Å². The maximum atomic E-state index is 11.9. The lowest BCUT2D eigenvalue weighted by Crippen LogP contribution is -2.25. The summed E-state index contributed by atoms with van der Waals surface area (Å²) >= 11 is 0. The Morgan fingerprint density at radius 2 is 2.15 bits per heavy atom. The van der Waals surface area contributed by atoms with E-state index in [1.807, 2.05) is 12.1 Å². The number of imidazole rings is 1. The lowest BCUT2D eigenvalue weighted by Gasteiger charge is -2.06. The van der Waals surface area contributed by atoms with E-state index in [0.29, 0.717) is 25.1 Å². The Morgan fingerprint density at radius 1 is 1.35 bits per heavy atom. The van der Waals surface area contributed by atoms with Gasteiger partial charge in [0.2, 0.25) is 0 Å². The number of hydrogen-bond donors (Lipinski definition) is 2. The first kappa shape index (κ1) is 14.1. The highest BCUT2D eigenvalue weighted by atomic mass is 16.5. The van der Waals surface area contributed by atoms with Crippen molar-refractivity contribution < 1.29 is 9.53 Å². The van der Waals surface area contributed by atoms with Crippen molar-refractivity contribution in [3.8, 4) is 5.75 Å². The molecule has 2 N–H and O–H groups in total. The van der Waals surface area contributed by atoms with E-state index in [1.165, 1.54) is 0 Å². The summed E-state index contributed by atoms with van der Waals surface area (Å²) in [5.74, 6) is 1.58. The van der Waals surface area contributed by atoms with Crippen LogP contribution >= 0.6 is 0 Å². The van der Waals surface area contributed by atoms with Gasteiger partial charge >= 0.3 is 0 Å². The Morgan fingerprint density at radius 3 is 2.80 bits per heavy atom. The molecule has 0 saturated heterocycles. The standard InChI is InChI=1S/C15H19N3O2/c1-2-11-20-13-5-3-12(4-6-13)15(19)18-8-7-14-16-9-10-17-14/h3-6,9-10H,2,7-8,11H2,1H3,(H,16,17)(H,18,19). The quantitative estimate of drug-likeness (QED) is 0.812. The molecular formula is C15H19N3O2. The van der Waals surface area contributed by atoms with Gasteiger partial charge < -0.3 is 15.0 Å². The van der Waals surface area contributed by atoms with Gasteiger partial charge in [-0.05, 0) is 30.7 Å². The van der Waals surface area contributed by atoms with Crippen LogP contribution in [0.5, 0.6) is 5.75 Å². The lowest BCUT2D eigenvalue weighted by atomic mass is 10.2. The first-order chi connectivity index (χ1) is 9.79. The first-order valence-electron chi connectivity index (χ1n) is 6.79. The van der Waals surface area contributed by atoms with Gasteiger partial charge in [0.25, 0.3) is 5.91 Å². The predicted octanol–water partition coefficient (Wildman–Crippen LogP) is 2.17. The molecule has 1 heterocycles. The van der Waals surface area contributed by atoms with Gasteiger partial charge in [-0.3, -0.25) is 4.79 Å². The van der Waals surface area contributed by atoms with Crippen molar-refractivity contribution in [2.45, 2.75) is 19.8 Å². The summed E-state index contributed by atoms with van der Waals surface area (Å²) < 4.78 is 5.48.